The van der Waals surface area contributed by atoms with Crippen LogP contribution >= 0.6 is 0 Å². The Balaban J connectivity index is 3.81. The first kappa shape index (κ1) is 14.4. The summed E-state index contributed by atoms with van der Waals surface area (Å²) in [6, 6.07) is 0. The highest BCUT2D eigenvalue weighted by Crippen LogP contribution is 2.27. The highest BCUT2D eigenvalue weighted by atomic mass is 16.5. The SMILES string of the molecule is CCCC(C)(CCOCCOC)C(=O)O. The summed E-state index contributed by atoms with van der Waals surface area (Å²) < 4.78 is 10.1. The molecule has 0 aliphatic heterocycles. The summed E-state index contributed by atoms with van der Waals surface area (Å²) >= 11 is 0. The molecular formula is C11H22O4. The third-order valence-electron chi connectivity index (χ3n) is 2.55. The summed E-state index contributed by atoms with van der Waals surface area (Å²) in [7, 11) is 1.61. The zero-order chi connectivity index (χ0) is 11.7. The Morgan fingerprint density at radius 1 is 1.27 bits per heavy atom. The molecule has 0 bridgehead atoms. The summed E-state index contributed by atoms with van der Waals surface area (Å²) in [5.41, 5.74) is -0.651. The van der Waals surface area contributed by atoms with Crippen molar-refractivity contribution in [3.8, 4) is 0 Å². The van der Waals surface area contributed by atoms with Gasteiger partial charge in [0.25, 0.3) is 0 Å². The normalized spacial score (nSPS) is 14.9. The average molecular weight is 218 g/mol. The van der Waals surface area contributed by atoms with Crippen LogP contribution in [0, 0.1) is 5.41 Å². The number of aliphatic carboxylic acids is 1. The average Bonchev–Trinajstić information content (AvgIpc) is 2.18. The van der Waals surface area contributed by atoms with Crippen molar-refractivity contribution in [1.29, 1.82) is 0 Å². The van der Waals surface area contributed by atoms with Gasteiger partial charge >= 0.3 is 5.97 Å². The van der Waals surface area contributed by atoms with Crippen LogP contribution < -0.4 is 0 Å². The van der Waals surface area contributed by atoms with Crippen LogP contribution in [0.3, 0.4) is 0 Å². The molecule has 0 amide bonds. The molecule has 15 heavy (non-hydrogen) atoms. The Hall–Kier alpha value is -0.610. The molecule has 0 heterocycles. The minimum absolute atomic E-state index is 0.478. The third kappa shape index (κ3) is 5.74. The lowest BCUT2D eigenvalue weighted by Gasteiger charge is -2.23. The van der Waals surface area contributed by atoms with Crippen molar-refractivity contribution < 1.29 is 19.4 Å². The van der Waals surface area contributed by atoms with Gasteiger partial charge < -0.3 is 14.6 Å². The van der Waals surface area contributed by atoms with Crippen molar-refractivity contribution in [3.63, 3.8) is 0 Å². The Bertz CT molecular complexity index is 181. The summed E-state index contributed by atoms with van der Waals surface area (Å²) in [4.78, 5) is 11.1. The van der Waals surface area contributed by atoms with Crippen LogP contribution in [0.15, 0.2) is 0 Å². The molecule has 0 spiro atoms. The zero-order valence-corrected chi connectivity index (χ0v) is 9.91. The van der Waals surface area contributed by atoms with Crippen LogP contribution in [0.4, 0.5) is 0 Å². The molecule has 1 N–H and O–H groups in total. The van der Waals surface area contributed by atoms with E-state index in [9.17, 15) is 4.79 Å². The van der Waals surface area contributed by atoms with E-state index in [1.807, 2.05) is 6.92 Å². The molecule has 4 nitrogen and oxygen atoms in total. The van der Waals surface area contributed by atoms with Gasteiger partial charge in [0.15, 0.2) is 0 Å². The second kappa shape index (κ2) is 7.65. The first-order chi connectivity index (χ1) is 7.06. The number of carbonyl (C=O) groups is 1. The van der Waals surface area contributed by atoms with Gasteiger partial charge in [0.2, 0.25) is 0 Å². The van der Waals surface area contributed by atoms with Crippen molar-refractivity contribution in [2.45, 2.75) is 33.1 Å². The van der Waals surface area contributed by atoms with Crippen LogP contribution in [0.25, 0.3) is 0 Å². The van der Waals surface area contributed by atoms with Crippen molar-refractivity contribution in [1.82, 2.24) is 0 Å². The van der Waals surface area contributed by atoms with Gasteiger partial charge in [-0.3, -0.25) is 4.79 Å². The number of rotatable bonds is 9. The lowest BCUT2D eigenvalue weighted by atomic mass is 9.83. The summed E-state index contributed by atoms with van der Waals surface area (Å²) in [6.07, 6.45) is 2.12. The van der Waals surface area contributed by atoms with Crippen molar-refractivity contribution in [3.05, 3.63) is 0 Å². The molecule has 90 valence electrons. The highest BCUT2D eigenvalue weighted by molar-refractivity contribution is 5.74. The molecule has 4 heteroatoms. The van der Waals surface area contributed by atoms with Gasteiger partial charge in [-0.1, -0.05) is 13.3 Å². The van der Waals surface area contributed by atoms with Crippen molar-refractivity contribution in [2.75, 3.05) is 26.9 Å². The third-order valence-corrected chi connectivity index (χ3v) is 2.55. The number of hydrogen-bond donors (Lipinski definition) is 1. The molecule has 0 aliphatic rings. The molecule has 0 saturated heterocycles. The van der Waals surface area contributed by atoms with Gasteiger partial charge in [-0.25, -0.2) is 0 Å². The first-order valence-corrected chi connectivity index (χ1v) is 5.37. The fraction of sp³-hybridized carbons (Fsp3) is 0.909. The minimum Gasteiger partial charge on any atom is -0.481 e. The second-order valence-corrected chi connectivity index (χ2v) is 3.97. The van der Waals surface area contributed by atoms with Crippen LogP contribution in [0.5, 0.6) is 0 Å². The topological polar surface area (TPSA) is 55.8 Å². The highest BCUT2D eigenvalue weighted by Gasteiger charge is 2.31. The van der Waals surface area contributed by atoms with Gasteiger partial charge in [-0.15, -0.1) is 0 Å². The molecule has 0 aromatic rings. The van der Waals surface area contributed by atoms with E-state index in [0.717, 1.165) is 6.42 Å². The van der Waals surface area contributed by atoms with Gasteiger partial charge in [0.1, 0.15) is 0 Å². The number of hydrogen-bond acceptors (Lipinski definition) is 3. The summed E-state index contributed by atoms with van der Waals surface area (Å²) in [6.45, 7) is 5.33. The first-order valence-electron chi connectivity index (χ1n) is 5.37. The maximum absolute atomic E-state index is 11.1. The Labute approximate surface area is 91.6 Å². The molecule has 0 rings (SSSR count). The number of methoxy groups -OCH3 is 1. The minimum atomic E-state index is -0.736. The molecule has 1 atom stereocenters. The lowest BCUT2D eigenvalue weighted by Crippen LogP contribution is -2.29. The van der Waals surface area contributed by atoms with Crippen molar-refractivity contribution in [2.24, 2.45) is 5.41 Å². The largest absolute Gasteiger partial charge is 0.481 e. The smallest absolute Gasteiger partial charge is 0.309 e. The molecular weight excluding hydrogens is 196 g/mol. The van der Waals surface area contributed by atoms with Crippen LogP contribution in [-0.4, -0.2) is 38.0 Å². The zero-order valence-electron chi connectivity index (χ0n) is 9.91. The van der Waals surface area contributed by atoms with E-state index >= 15 is 0 Å². The lowest BCUT2D eigenvalue weighted by molar-refractivity contribution is -0.149. The molecule has 0 aromatic heterocycles. The second-order valence-electron chi connectivity index (χ2n) is 3.97. The molecule has 0 aliphatic carbocycles. The fourth-order valence-electron chi connectivity index (χ4n) is 1.43. The van der Waals surface area contributed by atoms with Gasteiger partial charge in [0, 0.05) is 13.7 Å². The molecule has 0 radical (unpaired) electrons. The fourth-order valence-corrected chi connectivity index (χ4v) is 1.43. The maximum atomic E-state index is 11.1. The standard InChI is InChI=1S/C11H22O4/c1-4-5-11(2,10(12)13)6-7-15-9-8-14-3/h4-9H2,1-3H3,(H,12,13). The van der Waals surface area contributed by atoms with Crippen molar-refractivity contribution >= 4 is 5.97 Å². The maximum Gasteiger partial charge on any atom is 0.309 e. The van der Waals surface area contributed by atoms with Crippen LogP contribution in [0.2, 0.25) is 0 Å². The predicted molar refractivity (Wildman–Crippen MR) is 58.0 cm³/mol. The van der Waals surface area contributed by atoms with Gasteiger partial charge in [0.05, 0.1) is 18.6 Å². The molecule has 0 fully saturated rings. The molecule has 1 unspecified atom stereocenters. The van der Waals surface area contributed by atoms with Crippen LogP contribution in [-0.2, 0) is 14.3 Å². The Kier molecular flexibility index (Phi) is 7.34. The number of ether oxygens (including phenoxy) is 2. The van der Waals surface area contributed by atoms with Gasteiger partial charge in [-0.05, 0) is 19.8 Å². The molecule has 0 aromatic carbocycles. The Morgan fingerprint density at radius 3 is 2.40 bits per heavy atom. The quantitative estimate of drug-likeness (QED) is 0.601. The number of carboxylic acids is 1. The summed E-state index contributed by atoms with van der Waals surface area (Å²) in [5, 5.41) is 9.09. The van der Waals surface area contributed by atoms with E-state index in [1.54, 1.807) is 14.0 Å². The number of carboxylic acid groups (broad SMARTS) is 1. The van der Waals surface area contributed by atoms with Gasteiger partial charge in [-0.2, -0.15) is 0 Å². The van der Waals surface area contributed by atoms with E-state index in [1.165, 1.54) is 0 Å². The monoisotopic (exact) mass is 218 g/mol. The molecule has 0 saturated carbocycles. The van der Waals surface area contributed by atoms with E-state index in [-0.39, 0.29) is 0 Å². The van der Waals surface area contributed by atoms with Crippen LogP contribution in [0.1, 0.15) is 33.1 Å². The Morgan fingerprint density at radius 2 is 1.93 bits per heavy atom. The van der Waals surface area contributed by atoms with E-state index in [0.29, 0.717) is 32.7 Å². The van der Waals surface area contributed by atoms with E-state index in [2.05, 4.69) is 0 Å². The summed E-state index contributed by atoms with van der Waals surface area (Å²) in [5.74, 6) is -0.736. The predicted octanol–water partition coefficient (Wildman–Crippen LogP) is 1.93. The van der Waals surface area contributed by atoms with E-state index < -0.39 is 11.4 Å². The van der Waals surface area contributed by atoms with E-state index in [4.69, 9.17) is 14.6 Å².